The summed E-state index contributed by atoms with van der Waals surface area (Å²) in [6, 6.07) is 14.2. The summed E-state index contributed by atoms with van der Waals surface area (Å²) in [5, 5.41) is 6.93. The first-order chi connectivity index (χ1) is 14.3. The van der Waals surface area contributed by atoms with E-state index in [0.29, 0.717) is 18.6 Å². The number of nitrogens with zero attached hydrogens (tertiary/aromatic N) is 3. The third-order valence-corrected chi connectivity index (χ3v) is 5.06. The fraction of sp³-hybridized carbons (Fsp3) is 0.348. The van der Waals surface area contributed by atoms with E-state index in [2.05, 4.69) is 15.6 Å². The predicted molar refractivity (Wildman–Crippen MR) is 117 cm³/mol. The van der Waals surface area contributed by atoms with E-state index in [1.165, 1.54) is 32.1 Å². The van der Waals surface area contributed by atoms with Crippen LogP contribution >= 0.6 is 0 Å². The second-order valence-corrected chi connectivity index (χ2v) is 7.27. The van der Waals surface area contributed by atoms with Crippen molar-refractivity contribution in [1.29, 1.82) is 0 Å². The lowest BCUT2D eigenvalue weighted by atomic mass is 9.96. The fourth-order valence-electron chi connectivity index (χ4n) is 3.62. The fourth-order valence-corrected chi connectivity index (χ4v) is 3.62. The van der Waals surface area contributed by atoms with Gasteiger partial charge in [-0.1, -0.05) is 19.3 Å². The lowest BCUT2D eigenvalue weighted by Crippen LogP contribution is -2.23. The molecule has 0 atom stereocenters. The smallest absolute Gasteiger partial charge is 0.225 e. The zero-order valence-corrected chi connectivity index (χ0v) is 16.8. The third-order valence-electron chi connectivity index (χ3n) is 5.06. The molecule has 1 aliphatic rings. The Morgan fingerprint density at radius 1 is 1.03 bits per heavy atom. The van der Waals surface area contributed by atoms with Crippen molar-refractivity contribution in [1.82, 2.24) is 15.0 Å². The highest BCUT2D eigenvalue weighted by molar-refractivity contribution is 5.67. The zero-order valence-electron chi connectivity index (χ0n) is 16.8. The topological polar surface area (TPSA) is 72.0 Å². The highest BCUT2D eigenvalue weighted by atomic mass is 16.5. The Morgan fingerprint density at radius 2 is 1.86 bits per heavy atom. The third kappa shape index (κ3) is 5.22. The van der Waals surface area contributed by atoms with Crippen molar-refractivity contribution in [3.63, 3.8) is 0 Å². The van der Waals surface area contributed by atoms with E-state index in [9.17, 15) is 0 Å². The van der Waals surface area contributed by atoms with Gasteiger partial charge in [0, 0.05) is 35.8 Å². The minimum atomic E-state index is 0.436. The molecule has 3 aromatic rings. The Hall–Kier alpha value is -3.15. The molecular weight excluding hydrogens is 362 g/mol. The molecule has 6 nitrogen and oxygen atoms in total. The number of hydrogen-bond donors (Lipinski definition) is 2. The van der Waals surface area contributed by atoms with Crippen molar-refractivity contribution in [2.24, 2.45) is 0 Å². The molecule has 6 heteroatoms. The van der Waals surface area contributed by atoms with E-state index >= 15 is 0 Å². The van der Waals surface area contributed by atoms with Gasteiger partial charge in [-0.25, -0.2) is 4.98 Å². The number of aromatic nitrogens is 3. The Morgan fingerprint density at radius 3 is 2.59 bits per heavy atom. The maximum atomic E-state index is 5.52. The van der Waals surface area contributed by atoms with Crippen LogP contribution in [-0.4, -0.2) is 27.6 Å². The highest BCUT2D eigenvalue weighted by Gasteiger charge is 2.15. The average Bonchev–Trinajstić information content (AvgIpc) is 2.76. The van der Waals surface area contributed by atoms with Crippen LogP contribution in [0.3, 0.4) is 0 Å². The molecule has 29 heavy (non-hydrogen) atoms. The molecule has 2 aromatic heterocycles. The van der Waals surface area contributed by atoms with Gasteiger partial charge in [0.1, 0.15) is 11.6 Å². The molecular formula is C23H27N5O. The molecule has 0 saturated heterocycles. The summed E-state index contributed by atoms with van der Waals surface area (Å²) in [6.45, 7) is 2.64. The summed E-state index contributed by atoms with van der Waals surface area (Å²) in [7, 11) is 0. The Labute approximate surface area is 171 Å². The molecule has 1 aliphatic carbocycles. The summed E-state index contributed by atoms with van der Waals surface area (Å²) in [6.07, 6.45) is 9.77. The van der Waals surface area contributed by atoms with Crippen LogP contribution in [0.2, 0.25) is 0 Å². The monoisotopic (exact) mass is 389 g/mol. The SMILES string of the molecule is CCOc1ccc(Nc2cc(-c3cccnc3)nc(NC3CCCCC3)n2)cc1. The van der Waals surface area contributed by atoms with E-state index in [1.807, 2.05) is 55.6 Å². The molecule has 0 amide bonds. The largest absolute Gasteiger partial charge is 0.494 e. The van der Waals surface area contributed by atoms with Crippen LogP contribution < -0.4 is 15.4 Å². The number of benzene rings is 1. The second kappa shape index (κ2) is 9.37. The van der Waals surface area contributed by atoms with Crippen LogP contribution in [-0.2, 0) is 0 Å². The summed E-state index contributed by atoms with van der Waals surface area (Å²) in [4.78, 5) is 13.7. The van der Waals surface area contributed by atoms with E-state index in [0.717, 1.165) is 28.5 Å². The molecule has 0 radical (unpaired) electrons. The van der Waals surface area contributed by atoms with Crippen molar-refractivity contribution in [3.05, 3.63) is 54.9 Å². The van der Waals surface area contributed by atoms with Gasteiger partial charge in [-0.2, -0.15) is 4.98 Å². The second-order valence-electron chi connectivity index (χ2n) is 7.27. The van der Waals surface area contributed by atoms with Gasteiger partial charge in [0.2, 0.25) is 5.95 Å². The van der Waals surface area contributed by atoms with Gasteiger partial charge in [0.05, 0.1) is 12.3 Å². The number of anilines is 3. The van der Waals surface area contributed by atoms with Crippen LogP contribution in [0.1, 0.15) is 39.0 Å². The van der Waals surface area contributed by atoms with Gasteiger partial charge in [-0.05, 0) is 56.2 Å². The first kappa shape index (κ1) is 19.2. The van der Waals surface area contributed by atoms with Crippen molar-refractivity contribution < 1.29 is 4.74 Å². The molecule has 2 heterocycles. The van der Waals surface area contributed by atoms with Crippen molar-refractivity contribution in [2.45, 2.75) is 45.1 Å². The quantitative estimate of drug-likeness (QED) is 0.562. The van der Waals surface area contributed by atoms with Gasteiger partial charge in [-0.3, -0.25) is 4.98 Å². The minimum absolute atomic E-state index is 0.436. The normalized spacial score (nSPS) is 14.4. The van der Waals surface area contributed by atoms with Crippen molar-refractivity contribution in [3.8, 4) is 17.0 Å². The average molecular weight is 390 g/mol. The van der Waals surface area contributed by atoms with Crippen LogP contribution in [0, 0.1) is 0 Å². The van der Waals surface area contributed by atoms with Crippen LogP contribution in [0.5, 0.6) is 5.75 Å². The number of pyridine rings is 1. The lowest BCUT2D eigenvalue weighted by Gasteiger charge is -2.23. The van der Waals surface area contributed by atoms with E-state index in [1.54, 1.807) is 6.20 Å². The number of ether oxygens (including phenoxy) is 1. The number of rotatable bonds is 7. The molecule has 1 aromatic carbocycles. The van der Waals surface area contributed by atoms with E-state index in [4.69, 9.17) is 14.7 Å². The molecule has 150 valence electrons. The van der Waals surface area contributed by atoms with Gasteiger partial charge in [-0.15, -0.1) is 0 Å². The van der Waals surface area contributed by atoms with Gasteiger partial charge >= 0.3 is 0 Å². The molecule has 1 fully saturated rings. The van der Waals surface area contributed by atoms with Crippen LogP contribution in [0.25, 0.3) is 11.3 Å². The molecule has 0 bridgehead atoms. The van der Waals surface area contributed by atoms with Gasteiger partial charge in [0.25, 0.3) is 0 Å². The molecule has 0 unspecified atom stereocenters. The Balaban J connectivity index is 1.59. The van der Waals surface area contributed by atoms with Crippen LogP contribution in [0.15, 0.2) is 54.9 Å². The molecule has 4 rings (SSSR count). The predicted octanol–water partition coefficient (Wildman–Crippen LogP) is 5.43. The summed E-state index contributed by atoms with van der Waals surface area (Å²) < 4.78 is 5.52. The maximum Gasteiger partial charge on any atom is 0.225 e. The molecule has 0 aliphatic heterocycles. The first-order valence-electron chi connectivity index (χ1n) is 10.4. The van der Waals surface area contributed by atoms with Crippen LogP contribution in [0.4, 0.5) is 17.5 Å². The van der Waals surface area contributed by atoms with E-state index < -0.39 is 0 Å². The number of hydrogen-bond acceptors (Lipinski definition) is 6. The summed E-state index contributed by atoms with van der Waals surface area (Å²) >= 11 is 0. The van der Waals surface area contributed by atoms with E-state index in [-0.39, 0.29) is 0 Å². The van der Waals surface area contributed by atoms with Crippen molar-refractivity contribution in [2.75, 3.05) is 17.2 Å². The first-order valence-corrected chi connectivity index (χ1v) is 10.4. The lowest BCUT2D eigenvalue weighted by molar-refractivity contribution is 0.340. The maximum absolute atomic E-state index is 5.52. The molecule has 1 saturated carbocycles. The minimum Gasteiger partial charge on any atom is -0.494 e. The highest BCUT2D eigenvalue weighted by Crippen LogP contribution is 2.26. The van der Waals surface area contributed by atoms with Gasteiger partial charge < -0.3 is 15.4 Å². The van der Waals surface area contributed by atoms with Crippen molar-refractivity contribution >= 4 is 17.5 Å². The number of nitrogens with one attached hydrogen (secondary N) is 2. The summed E-state index contributed by atoms with van der Waals surface area (Å²) in [5.41, 5.74) is 2.77. The molecule has 2 N–H and O–H groups in total. The Kier molecular flexibility index (Phi) is 6.19. The molecule has 0 spiro atoms. The Bertz CT molecular complexity index is 908. The van der Waals surface area contributed by atoms with Gasteiger partial charge in [0.15, 0.2) is 0 Å². The standard InChI is InChI=1S/C23H27N5O/c1-2-29-20-12-10-19(11-13-20)25-22-15-21(17-7-6-14-24-16-17)27-23(28-22)26-18-8-4-3-5-9-18/h6-7,10-16,18H,2-5,8-9H2,1H3,(H2,25,26,27,28). The zero-order chi connectivity index (χ0) is 19.9. The summed E-state index contributed by atoms with van der Waals surface area (Å²) in [5.74, 6) is 2.27.